The van der Waals surface area contributed by atoms with Gasteiger partial charge in [0.1, 0.15) is 0 Å². The van der Waals surface area contributed by atoms with Crippen LogP contribution in [0.2, 0.25) is 0 Å². The van der Waals surface area contributed by atoms with Gasteiger partial charge in [-0.15, -0.1) is 12.4 Å². The van der Waals surface area contributed by atoms with Gasteiger partial charge < -0.3 is 15.5 Å². The normalized spacial score (nSPS) is 33.0. The van der Waals surface area contributed by atoms with Crippen LogP contribution in [0.3, 0.4) is 0 Å². The van der Waals surface area contributed by atoms with Gasteiger partial charge in [0.05, 0.1) is 12.7 Å². The Balaban J connectivity index is 0.000000810. The van der Waals surface area contributed by atoms with E-state index < -0.39 is 0 Å². The van der Waals surface area contributed by atoms with Gasteiger partial charge >= 0.3 is 0 Å². The van der Waals surface area contributed by atoms with E-state index in [1.54, 1.807) is 0 Å². The van der Waals surface area contributed by atoms with Crippen molar-refractivity contribution in [3.8, 4) is 0 Å². The molecule has 3 nitrogen and oxygen atoms in total. The van der Waals surface area contributed by atoms with Gasteiger partial charge in [-0.05, 0) is 19.4 Å². The zero-order chi connectivity index (χ0) is 6.69. The minimum atomic E-state index is -0.205. The average molecular weight is 168 g/mol. The Kier molecular flexibility index (Phi) is 4.99. The lowest BCUT2D eigenvalue weighted by Gasteiger charge is -2.25. The van der Waals surface area contributed by atoms with Crippen molar-refractivity contribution in [1.29, 1.82) is 0 Å². The molecule has 0 aromatic rings. The highest BCUT2D eigenvalue weighted by Gasteiger charge is 2.17. The third-order valence-corrected chi connectivity index (χ3v) is 1.69. The van der Waals surface area contributed by atoms with Crippen LogP contribution in [0.4, 0.5) is 0 Å². The van der Waals surface area contributed by atoms with Crippen molar-refractivity contribution in [2.75, 3.05) is 13.2 Å². The van der Waals surface area contributed by atoms with E-state index in [1.807, 2.05) is 0 Å². The average Bonchev–Trinajstić information content (AvgIpc) is 1.88. The van der Waals surface area contributed by atoms with Gasteiger partial charge in [0.25, 0.3) is 0 Å². The molecule has 2 atom stereocenters. The topological polar surface area (TPSA) is 52.5 Å². The Hall–Kier alpha value is 0.170. The van der Waals surface area contributed by atoms with E-state index >= 15 is 0 Å². The van der Waals surface area contributed by atoms with E-state index in [2.05, 4.69) is 5.32 Å². The molecule has 1 aliphatic rings. The zero-order valence-corrected chi connectivity index (χ0v) is 6.60. The van der Waals surface area contributed by atoms with Gasteiger partial charge in [-0.3, -0.25) is 0 Å². The molecule has 4 heteroatoms. The summed E-state index contributed by atoms with van der Waals surface area (Å²) in [7, 11) is 0. The highest BCUT2D eigenvalue weighted by molar-refractivity contribution is 5.85. The SMILES string of the molecule is Cl.OCC1CC(O)CCN1. The number of hydrogen-bond acceptors (Lipinski definition) is 3. The number of aliphatic hydroxyl groups excluding tert-OH is 2. The molecule has 1 fully saturated rings. The second kappa shape index (κ2) is 4.91. The van der Waals surface area contributed by atoms with Crippen molar-refractivity contribution in [3.05, 3.63) is 0 Å². The summed E-state index contributed by atoms with van der Waals surface area (Å²) in [6, 6.07) is 0.119. The summed E-state index contributed by atoms with van der Waals surface area (Å²) >= 11 is 0. The number of piperidine rings is 1. The Bertz CT molecular complexity index is 91.8. The molecule has 0 spiro atoms. The Morgan fingerprint density at radius 2 is 2.20 bits per heavy atom. The van der Waals surface area contributed by atoms with Gasteiger partial charge in [-0.2, -0.15) is 0 Å². The van der Waals surface area contributed by atoms with E-state index in [0.29, 0.717) is 6.42 Å². The van der Waals surface area contributed by atoms with Crippen LogP contribution in [0.15, 0.2) is 0 Å². The van der Waals surface area contributed by atoms with Crippen LogP contribution in [0.5, 0.6) is 0 Å². The van der Waals surface area contributed by atoms with Crippen LogP contribution >= 0.6 is 12.4 Å². The molecule has 1 saturated heterocycles. The molecular formula is C6H14ClNO2. The summed E-state index contributed by atoms with van der Waals surface area (Å²) in [6.45, 7) is 0.962. The van der Waals surface area contributed by atoms with Crippen molar-refractivity contribution in [2.45, 2.75) is 25.0 Å². The van der Waals surface area contributed by atoms with Gasteiger partial charge in [-0.1, -0.05) is 0 Å². The largest absolute Gasteiger partial charge is 0.395 e. The minimum Gasteiger partial charge on any atom is -0.395 e. The number of rotatable bonds is 1. The predicted octanol–water partition coefficient (Wildman–Crippen LogP) is -0.487. The number of hydrogen-bond donors (Lipinski definition) is 3. The molecule has 62 valence electrons. The summed E-state index contributed by atoms with van der Waals surface area (Å²) in [5.74, 6) is 0. The highest BCUT2D eigenvalue weighted by Crippen LogP contribution is 2.06. The lowest BCUT2D eigenvalue weighted by atomic mass is 10.0. The first kappa shape index (κ1) is 10.2. The molecule has 1 aliphatic heterocycles. The number of aliphatic hydroxyl groups is 2. The maximum Gasteiger partial charge on any atom is 0.0585 e. The molecule has 0 bridgehead atoms. The van der Waals surface area contributed by atoms with Crippen molar-refractivity contribution in [2.24, 2.45) is 0 Å². The standard InChI is InChI=1S/C6H13NO2.ClH/c8-4-5-3-6(9)1-2-7-5;/h5-9H,1-4H2;1H. The summed E-state index contributed by atoms with van der Waals surface area (Å²) in [5, 5.41) is 20.8. The maximum absolute atomic E-state index is 9.06. The minimum absolute atomic E-state index is 0. The first-order valence-electron chi connectivity index (χ1n) is 3.35. The van der Waals surface area contributed by atoms with E-state index in [1.165, 1.54) is 0 Å². The van der Waals surface area contributed by atoms with Crippen LogP contribution in [-0.2, 0) is 0 Å². The summed E-state index contributed by atoms with van der Waals surface area (Å²) < 4.78 is 0. The van der Waals surface area contributed by atoms with Crippen molar-refractivity contribution < 1.29 is 10.2 Å². The van der Waals surface area contributed by atoms with Crippen LogP contribution in [0, 0.1) is 0 Å². The van der Waals surface area contributed by atoms with Crippen molar-refractivity contribution in [3.63, 3.8) is 0 Å². The molecule has 0 aromatic carbocycles. The molecule has 0 amide bonds. The Morgan fingerprint density at radius 1 is 1.50 bits per heavy atom. The van der Waals surface area contributed by atoms with Crippen LogP contribution in [0.1, 0.15) is 12.8 Å². The van der Waals surface area contributed by atoms with Crippen LogP contribution < -0.4 is 5.32 Å². The van der Waals surface area contributed by atoms with Gasteiger partial charge in [0, 0.05) is 6.04 Å². The van der Waals surface area contributed by atoms with Gasteiger partial charge in [-0.25, -0.2) is 0 Å². The van der Waals surface area contributed by atoms with E-state index in [9.17, 15) is 0 Å². The van der Waals surface area contributed by atoms with Crippen molar-refractivity contribution >= 4 is 12.4 Å². The third kappa shape index (κ3) is 2.84. The quantitative estimate of drug-likeness (QED) is 0.494. The van der Waals surface area contributed by atoms with Gasteiger partial charge in [0.15, 0.2) is 0 Å². The fourth-order valence-electron chi connectivity index (χ4n) is 1.12. The first-order chi connectivity index (χ1) is 4.33. The highest BCUT2D eigenvalue weighted by atomic mass is 35.5. The molecule has 0 aromatic heterocycles. The van der Waals surface area contributed by atoms with E-state index in [4.69, 9.17) is 10.2 Å². The zero-order valence-electron chi connectivity index (χ0n) is 5.79. The molecule has 2 unspecified atom stereocenters. The van der Waals surface area contributed by atoms with Crippen LogP contribution in [0.25, 0.3) is 0 Å². The molecule has 3 N–H and O–H groups in total. The first-order valence-corrected chi connectivity index (χ1v) is 3.35. The second-order valence-corrected chi connectivity index (χ2v) is 2.51. The summed E-state index contributed by atoms with van der Waals surface area (Å²) in [5.41, 5.74) is 0. The Morgan fingerprint density at radius 3 is 2.60 bits per heavy atom. The molecule has 1 rings (SSSR count). The summed E-state index contributed by atoms with van der Waals surface area (Å²) in [6.07, 6.45) is 1.30. The monoisotopic (exact) mass is 167 g/mol. The van der Waals surface area contributed by atoms with E-state index in [-0.39, 0.29) is 31.2 Å². The lowest BCUT2D eigenvalue weighted by molar-refractivity contribution is 0.0956. The van der Waals surface area contributed by atoms with Crippen molar-refractivity contribution in [1.82, 2.24) is 5.32 Å². The molecule has 0 radical (unpaired) electrons. The lowest BCUT2D eigenvalue weighted by Crippen LogP contribution is -2.42. The fourth-order valence-corrected chi connectivity index (χ4v) is 1.12. The van der Waals surface area contributed by atoms with Gasteiger partial charge in [0.2, 0.25) is 0 Å². The molecule has 0 saturated carbocycles. The van der Waals surface area contributed by atoms with Crippen LogP contribution in [-0.4, -0.2) is 35.5 Å². The Labute approximate surface area is 66.8 Å². The summed E-state index contributed by atoms with van der Waals surface area (Å²) in [4.78, 5) is 0. The molecule has 10 heavy (non-hydrogen) atoms. The maximum atomic E-state index is 9.06. The number of nitrogens with one attached hydrogen (secondary N) is 1. The predicted molar refractivity (Wildman–Crippen MR) is 41.4 cm³/mol. The molecular weight excluding hydrogens is 154 g/mol. The second-order valence-electron chi connectivity index (χ2n) is 2.51. The van der Waals surface area contributed by atoms with E-state index in [0.717, 1.165) is 13.0 Å². The third-order valence-electron chi connectivity index (χ3n) is 1.69. The molecule has 1 heterocycles. The fraction of sp³-hybridized carbons (Fsp3) is 1.00. The smallest absolute Gasteiger partial charge is 0.0585 e. The molecule has 0 aliphatic carbocycles. The number of halogens is 1.